The van der Waals surface area contributed by atoms with E-state index in [-0.39, 0.29) is 11.8 Å². The van der Waals surface area contributed by atoms with Crippen molar-refractivity contribution in [3.63, 3.8) is 0 Å². The molecule has 32 heavy (non-hydrogen) atoms. The molecule has 3 N–H and O–H groups in total. The van der Waals surface area contributed by atoms with Crippen LogP contribution in [0, 0.1) is 6.92 Å². The summed E-state index contributed by atoms with van der Waals surface area (Å²) >= 11 is 1.68. The van der Waals surface area contributed by atoms with E-state index in [1.807, 2.05) is 6.07 Å². The molecule has 6 nitrogen and oxygen atoms in total. The van der Waals surface area contributed by atoms with Gasteiger partial charge in [0, 0.05) is 23.0 Å². The van der Waals surface area contributed by atoms with Crippen molar-refractivity contribution in [1.82, 2.24) is 4.98 Å². The number of amides is 2. The van der Waals surface area contributed by atoms with Crippen molar-refractivity contribution in [2.24, 2.45) is 0 Å². The standard InChI is InChI=1S/C25H23N3O3S/c1-14-5-8-19-18(12-14)17(24(27-19)22-4-3-11-32-22)7-10-23(29)26-16-6-9-21-20(13-16)28-25(30)15(2)31-21/h3-6,8-9,11-13,15,27H,7,10H2,1-2H3,(H,26,29)(H,28,30)/t15-/m1/s1. The first-order valence-corrected chi connectivity index (χ1v) is 11.4. The van der Waals surface area contributed by atoms with Crippen LogP contribution < -0.4 is 15.4 Å². The van der Waals surface area contributed by atoms with Crippen LogP contribution >= 0.6 is 11.3 Å². The smallest absolute Gasteiger partial charge is 0.265 e. The van der Waals surface area contributed by atoms with Crippen molar-refractivity contribution < 1.29 is 14.3 Å². The van der Waals surface area contributed by atoms with Gasteiger partial charge in [-0.3, -0.25) is 9.59 Å². The van der Waals surface area contributed by atoms with E-state index in [9.17, 15) is 9.59 Å². The van der Waals surface area contributed by atoms with Gasteiger partial charge >= 0.3 is 0 Å². The number of aryl methyl sites for hydroxylation is 2. The van der Waals surface area contributed by atoms with Crippen LogP contribution in [0.1, 0.15) is 24.5 Å². The Morgan fingerprint density at radius 3 is 2.88 bits per heavy atom. The molecular weight excluding hydrogens is 422 g/mol. The molecule has 5 rings (SSSR count). The van der Waals surface area contributed by atoms with Crippen molar-refractivity contribution >= 4 is 45.4 Å². The van der Waals surface area contributed by atoms with Crippen LogP contribution in [-0.4, -0.2) is 22.9 Å². The van der Waals surface area contributed by atoms with Crippen LogP contribution in [-0.2, 0) is 16.0 Å². The first-order chi connectivity index (χ1) is 15.5. The number of benzene rings is 2. The number of hydrogen-bond donors (Lipinski definition) is 3. The molecule has 0 saturated heterocycles. The Kier molecular flexibility index (Phi) is 5.19. The first-order valence-electron chi connectivity index (χ1n) is 10.5. The van der Waals surface area contributed by atoms with Crippen molar-refractivity contribution in [2.45, 2.75) is 32.8 Å². The van der Waals surface area contributed by atoms with Gasteiger partial charge in [-0.2, -0.15) is 0 Å². The van der Waals surface area contributed by atoms with E-state index in [0.717, 1.165) is 27.0 Å². The van der Waals surface area contributed by atoms with Crippen LogP contribution in [0.3, 0.4) is 0 Å². The molecule has 2 aromatic heterocycles. The Morgan fingerprint density at radius 1 is 1.19 bits per heavy atom. The molecule has 1 atom stereocenters. The zero-order valence-corrected chi connectivity index (χ0v) is 18.6. The molecule has 0 radical (unpaired) electrons. The molecule has 2 amide bonds. The number of aromatic nitrogens is 1. The largest absolute Gasteiger partial charge is 0.479 e. The van der Waals surface area contributed by atoms with Gasteiger partial charge in [0.05, 0.1) is 16.3 Å². The van der Waals surface area contributed by atoms with Crippen LogP contribution in [0.25, 0.3) is 21.5 Å². The van der Waals surface area contributed by atoms with Crippen LogP contribution in [0.15, 0.2) is 53.9 Å². The molecule has 0 bridgehead atoms. The maximum atomic E-state index is 12.8. The lowest BCUT2D eigenvalue weighted by molar-refractivity contribution is -0.122. The minimum atomic E-state index is -0.528. The number of ether oxygens (including phenoxy) is 1. The number of carbonyl (C=O) groups excluding carboxylic acids is 2. The first kappa shape index (κ1) is 20.3. The predicted octanol–water partition coefficient (Wildman–Crippen LogP) is 5.50. The molecule has 1 aliphatic rings. The summed E-state index contributed by atoms with van der Waals surface area (Å²) in [5, 5.41) is 8.96. The lowest BCUT2D eigenvalue weighted by Crippen LogP contribution is -2.34. The average Bonchev–Trinajstić information content (AvgIpc) is 3.41. The molecular formula is C25H23N3O3S. The highest BCUT2D eigenvalue weighted by Crippen LogP contribution is 2.35. The molecule has 0 spiro atoms. The summed E-state index contributed by atoms with van der Waals surface area (Å²) in [6.07, 6.45) is 0.432. The van der Waals surface area contributed by atoms with E-state index in [2.05, 4.69) is 52.2 Å². The Balaban J connectivity index is 1.35. The maximum Gasteiger partial charge on any atom is 0.265 e. The van der Waals surface area contributed by atoms with E-state index in [1.165, 1.54) is 5.56 Å². The number of fused-ring (bicyclic) bond motifs is 2. The normalized spacial score (nSPS) is 15.2. The minimum Gasteiger partial charge on any atom is -0.479 e. The van der Waals surface area contributed by atoms with E-state index < -0.39 is 6.10 Å². The molecule has 3 heterocycles. The fraction of sp³-hybridized carbons (Fsp3) is 0.200. The summed E-state index contributed by atoms with van der Waals surface area (Å²) in [5.74, 6) is 0.321. The van der Waals surface area contributed by atoms with Crippen LogP contribution in [0.5, 0.6) is 5.75 Å². The predicted molar refractivity (Wildman–Crippen MR) is 128 cm³/mol. The van der Waals surface area contributed by atoms with Crippen molar-refractivity contribution in [3.8, 4) is 16.3 Å². The molecule has 7 heteroatoms. The van der Waals surface area contributed by atoms with Crippen LogP contribution in [0.2, 0.25) is 0 Å². The number of anilines is 2. The zero-order valence-electron chi connectivity index (χ0n) is 17.8. The summed E-state index contributed by atoms with van der Waals surface area (Å²) in [6, 6.07) is 15.8. The number of rotatable bonds is 5. The van der Waals surface area contributed by atoms with E-state index in [0.29, 0.717) is 30.0 Å². The Hall–Kier alpha value is -3.58. The molecule has 0 unspecified atom stereocenters. The third kappa shape index (κ3) is 3.87. The number of hydrogen-bond acceptors (Lipinski definition) is 4. The lowest BCUT2D eigenvalue weighted by atomic mass is 10.0. The van der Waals surface area contributed by atoms with Gasteiger partial charge < -0.3 is 20.4 Å². The quantitative estimate of drug-likeness (QED) is 0.380. The van der Waals surface area contributed by atoms with E-state index in [1.54, 1.807) is 36.5 Å². The Labute approximate surface area is 189 Å². The molecule has 2 aromatic carbocycles. The summed E-state index contributed by atoms with van der Waals surface area (Å²) < 4.78 is 5.57. The molecule has 0 saturated carbocycles. The third-order valence-electron chi connectivity index (χ3n) is 5.63. The second-order valence-electron chi connectivity index (χ2n) is 8.01. The van der Waals surface area contributed by atoms with Crippen molar-refractivity contribution in [3.05, 3.63) is 65.0 Å². The SMILES string of the molecule is Cc1ccc2[nH]c(-c3cccs3)c(CCC(=O)Nc3ccc4c(c3)NC(=O)[C@@H](C)O4)c2c1. The average molecular weight is 446 g/mol. The highest BCUT2D eigenvalue weighted by molar-refractivity contribution is 7.13. The zero-order chi connectivity index (χ0) is 22.2. The number of nitrogens with one attached hydrogen (secondary N) is 3. The molecule has 4 aromatic rings. The maximum absolute atomic E-state index is 12.8. The van der Waals surface area contributed by atoms with Gasteiger partial charge in [0.15, 0.2) is 6.10 Å². The molecule has 162 valence electrons. The summed E-state index contributed by atoms with van der Waals surface area (Å²) in [5.41, 5.74) is 5.69. The third-order valence-corrected chi connectivity index (χ3v) is 6.51. The fourth-order valence-corrected chi connectivity index (χ4v) is 4.75. The molecule has 0 aliphatic carbocycles. The van der Waals surface area contributed by atoms with E-state index in [4.69, 9.17) is 4.74 Å². The fourth-order valence-electron chi connectivity index (χ4n) is 4.00. The van der Waals surface area contributed by atoms with Gasteiger partial charge in [-0.05, 0) is 67.6 Å². The van der Waals surface area contributed by atoms with Gasteiger partial charge in [0.2, 0.25) is 5.91 Å². The number of H-pyrrole nitrogens is 1. The summed E-state index contributed by atoms with van der Waals surface area (Å²) in [6.45, 7) is 3.78. The summed E-state index contributed by atoms with van der Waals surface area (Å²) in [7, 11) is 0. The minimum absolute atomic E-state index is 0.0829. The van der Waals surface area contributed by atoms with Gasteiger partial charge in [-0.15, -0.1) is 11.3 Å². The highest BCUT2D eigenvalue weighted by atomic mass is 32.1. The van der Waals surface area contributed by atoms with Crippen LogP contribution in [0.4, 0.5) is 11.4 Å². The second kappa shape index (κ2) is 8.16. The van der Waals surface area contributed by atoms with Gasteiger partial charge in [-0.25, -0.2) is 0 Å². The van der Waals surface area contributed by atoms with Crippen molar-refractivity contribution in [1.29, 1.82) is 0 Å². The molecule has 0 fully saturated rings. The topological polar surface area (TPSA) is 83.2 Å². The Morgan fingerprint density at radius 2 is 2.06 bits per heavy atom. The number of carbonyl (C=O) groups is 2. The van der Waals surface area contributed by atoms with Crippen molar-refractivity contribution in [2.75, 3.05) is 10.6 Å². The Bertz CT molecular complexity index is 1320. The second-order valence-corrected chi connectivity index (χ2v) is 8.96. The lowest BCUT2D eigenvalue weighted by Gasteiger charge is -2.23. The van der Waals surface area contributed by atoms with E-state index >= 15 is 0 Å². The molecule has 1 aliphatic heterocycles. The monoisotopic (exact) mass is 445 g/mol. The highest BCUT2D eigenvalue weighted by Gasteiger charge is 2.23. The number of aromatic amines is 1. The van der Waals surface area contributed by atoms with Gasteiger partial charge in [0.25, 0.3) is 5.91 Å². The van der Waals surface area contributed by atoms with Gasteiger partial charge in [0.1, 0.15) is 5.75 Å². The van der Waals surface area contributed by atoms with Gasteiger partial charge in [-0.1, -0.05) is 17.7 Å². The summed E-state index contributed by atoms with van der Waals surface area (Å²) in [4.78, 5) is 29.3. The number of thiophene rings is 1.